The lowest BCUT2D eigenvalue weighted by Crippen LogP contribution is -2.35. The van der Waals surface area contributed by atoms with Gasteiger partial charge in [-0.05, 0) is 25.0 Å². The van der Waals surface area contributed by atoms with Crippen LogP contribution in [0.15, 0.2) is 41.6 Å². The highest BCUT2D eigenvalue weighted by atomic mass is 32.2. The van der Waals surface area contributed by atoms with Gasteiger partial charge in [0.05, 0.1) is 4.90 Å². The quantitative estimate of drug-likeness (QED) is 0.943. The molecule has 1 N–H and O–H groups in total. The first-order valence-electron chi connectivity index (χ1n) is 6.78. The minimum Gasteiger partial charge on any atom is -0.345 e. The molecule has 3 rings (SSSR count). The van der Waals surface area contributed by atoms with Crippen molar-refractivity contribution in [1.82, 2.24) is 14.3 Å². The highest BCUT2D eigenvalue weighted by Gasteiger charge is 2.26. The Morgan fingerprint density at radius 2 is 1.95 bits per heavy atom. The fourth-order valence-electron chi connectivity index (χ4n) is 2.48. The summed E-state index contributed by atoms with van der Waals surface area (Å²) in [5.74, 6) is 0.681. The Morgan fingerprint density at radius 1 is 1.15 bits per heavy atom. The minimum absolute atomic E-state index is 0.341. The third kappa shape index (κ3) is 2.48. The van der Waals surface area contributed by atoms with E-state index in [4.69, 9.17) is 0 Å². The maximum atomic E-state index is 12.6. The van der Waals surface area contributed by atoms with Crippen molar-refractivity contribution in [3.8, 4) is 11.4 Å². The minimum atomic E-state index is -3.38. The van der Waals surface area contributed by atoms with E-state index in [0.717, 1.165) is 24.8 Å². The number of aromatic amines is 1. The molecule has 0 unspecified atom stereocenters. The number of H-pyrrole nitrogens is 1. The van der Waals surface area contributed by atoms with E-state index in [0.29, 0.717) is 23.8 Å². The molecule has 1 saturated heterocycles. The number of aromatic nitrogens is 2. The van der Waals surface area contributed by atoms with Crippen molar-refractivity contribution in [1.29, 1.82) is 0 Å². The number of nitrogens with one attached hydrogen (secondary N) is 1. The molecule has 0 aliphatic carbocycles. The number of sulfonamides is 1. The Labute approximate surface area is 118 Å². The van der Waals surface area contributed by atoms with E-state index in [9.17, 15) is 8.42 Å². The number of benzene rings is 1. The van der Waals surface area contributed by atoms with Gasteiger partial charge in [0.25, 0.3) is 0 Å². The molecule has 1 aromatic heterocycles. The topological polar surface area (TPSA) is 66.1 Å². The summed E-state index contributed by atoms with van der Waals surface area (Å²) in [6.07, 6.45) is 6.37. The van der Waals surface area contributed by atoms with Gasteiger partial charge in [-0.25, -0.2) is 13.4 Å². The van der Waals surface area contributed by atoms with Crippen molar-refractivity contribution in [3.05, 3.63) is 36.7 Å². The van der Waals surface area contributed by atoms with Crippen molar-refractivity contribution in [3.63, 3.8) is 0 Å². The van der Waals surface area contributed by atoms with E-state index in [-0.39, 0.29) is 0 Å². The van der Waals surface area contributed by atoms with Crippen molar-refractivity contribution in [2.45, 2.75) is 24.2 Å². The number of imidazole rings is 1. The monoisotopic (exact) mass is 291 g/mol. The molecule has 20 heavy (non-hydrogen) atoms. The summed E-state index contributed by atoms with van der Waals surface area (Å²) < 4.78 is 26.8. The van der Waals surface area contributed by atoms with Crippen molar-refractivity contribution < 1.29 is 8.42 Å². The van der Waals surface area contributed by atoms with Crippen LogP contribution in [-0.4, -0.2) is 35.8 Å². The zero-order valence-electron chi connectivity index (χ0n) is 11.1. The molecule has 0 radical (unpaired) electrons. The van der Waals surface area contributed by atoms with Gasteiger partial charge in [-0.15, -0.1) is 0 Å². The molecule has 5 nitrogen and oxygen atoms in total. The van der Waals surface area contributed by atoms with Crippen LogP contribution in [0.2, 0.25) is 0 Å². The van der Waals surface area contributed by atoms with Gasteiger partial charge in [0, 0.05) is 31.0 Å². The molecule has 0 amide bonds. The summed E-state index contributed by atoms with van der Waals surface area (Å²) in [5, 5.41) is 0. The molecule has 6 heteroatoms. The summed E-state index contributed by atoms with van der Waals surface area (Å²) in [4.78, 5) is 7.49. The molecule has 2 aromatic rings. The Hall–Kier alpha value is -1.66. The fourth-order valence-corrected chi connectivity index (χ4v) is 4.04. The third-order valence-corrected chi connectivity index (χ3v) is 5.45. The molecule has 2 heterocycles. The second-order valence-electron chi connectivity index (χ2n) is 4.93. The highest BCUT2D eigenvalue weighted by molar-refractivity contribution is 7.89. The molecular weight excluding hydrogens is 274 g/mol. The van der Waals surface area contributed by atoms with Gasteiger partial charge < -0.3 is 4.98 Å². The lowest BCUT2D eigenvalue weighted by molar-refractivity contribution is 0.346. The maximum Gasteiger partial charge on any atom is 0.243 e. The molecule has 1 fully saturated rings. The van der Waals surface area contributed by atoms with Gasteiger partial charge >= 0.3 is 0 Å². The van der Waals surface area contributed by atoms with Crippen LogP contribution in [0.25, 0.3) is 11.4 Å². The Morgan fingerprint density at radius 3 is 2.65 bits per heavy atom. The van der Waals surface area contributed by atoms with Gasteiger partial charge in [0.1, 0.15) is 5.82 Å². The van der Waals surface area contributed by atoms with Crippen LogP contribution in [0, 0.1) is 0 Å². The summed E-state index contributed by atoms with van der Waals surface area (Å²) in [6, 6.07) is 6.95. The lowest BCUT2D eigenvalue weighted by atomic mass is 10.2. The van der Waals surface area contributed by atoms with E-state index in [1.807, 2.05) is 6.07 Å². The van der Waals surface area contributed by atoms with Crippen LogP contribution in [-0.2, 0) is 10.0 Å². The first kappa shape index (κ1) is 13.3. The van der Waals surface area contributed by atoms with Gasteiger partial charge in [-0.3, -0.25) is 0 Å². The van der Waals surface area contributed by atoms with Gasteiger partial charge in [0.2, 0.25) is 10.0 Å². The average Bonchev–Trinajstić information content (AvgIpc) is 3.03. The highest BCUT2D eigenvalue weighted by Crippen LogP contribution is 2.24. The Kier molecular flexibility index (Phi) is 3.58. The zero-order valence-corrected chi connectivity index (χ0v) is 11.9. The normalized spacial score (nSPS) is 17.2. The van der Waals surface area contributed by atoms with E-state index in [2.05, 4.69) is 9.97 Å². The molecule has 0 saturated carbocycles. The second kappa shape index (κ2) is 5.38. The molecule has 0 spiro atoms. The molecule has 0 atom stereocenters. The van der Waals surface area contributed by atoms with Crippen molar-refractivity contribution in [2.75, 3.05) is 13.1 Å². The van der Waals surface area contributed by atoms with Crippen molar-refractivity contribution >= 4 is 10.0 Å². The summed E-state index contributed by atoms with van der Waals surface area (Å²) >= 11 is 0. The molecular formula is C14H17N3O2S. The predicted octanol–water partition coefficient (Wildman–Crippen LogP) is 2.25. The maximum absolute atomic E-state index is 12.6. The fraction of sp³-hybridized carbons (Fsp3) is 0.357. The number of piperidine rings is 1. The summed E-state index contributed by atoms with van der Waals surface area (Å²) in [6.45, 7) is 1.24. The van der Waals surface area contributed by atoms with Crippen LogP contribution in [0.4, 0.5) is 0 Å². The largest absolute Gasteiger partial charge is 0.345 e. The lowest BCUT2D eigenvalue weighted by Gasteiger charge is -2.25. The zero-order chi connectivity index (χ0) is 14.0. The number of hydrogen-bond acceptors (Lipinski definition) is 3. The van der Waals surface area contributed by atoms with E-state index < -0.39 is 10.0 Å². The van der Waals surface area contributed by atoms with E-state index >= 15 is 0 Å². The first-order valence-corrected chi connectivity index (χ1v) is 8.22. The number of hydrogen-bond donors (Lipinski definition) is 1. The van der Waals surface area contributed by atoms with Gasteiger partial charge in [-0.1, -0.05) is 18.6 Å². The molecule has 1 aliphatic rings. The van der Waals surface area contributed by atoms with E-state index in [1.54, 1.807) is 34.9 Å². The number of rotatable bonds is 3. The molecule has 1 aromatic carbocycles. The summed E-state index contributed by atoms with van der Waals surface area (Å²) in [5.41, 5.74) is 0.785. The standard InChI is InChI=1S/C14H17N3O2S/c18-20(19,17-9-2-1-3-10-17)13-6-4-5-12(11-13)14-15-7-8-16-14/h4-8,11H,1-3,9-10H2,(H,15,16). The average molecular weight is 291 g/mol. The second-order valence-corrected chi connectivity index (χ2v) is 6.87. The third-order valence-electron chi connectivity index (χ3n) is 3.56. The summed E-state index contributed by atoms with van der Waals surface area (Å²) in [7, 11) is -3.38. The van der Waals surface area contributed by atoms with Crippen LogP contribution in [0.5, 0.6) is 0 Å². The molecule has 0 bridgehead atoms. The number of nitrogens with zero attached hydrogens (tertiary/aromatic N) is 2. The Balaban J connectivity index is 1.95. The van der Waals surface area contributed by atoms with Crippen molar-refractivity contribution in [2.24, 2.45) is 0 Å². The van der Waals surface area contributed by atoms with Crippen LogP contribution in [0.1, 0.15) is 19.3 Å². The smallest absolute Gasteiger partial charge is 0.243 e. The van der Waals surface area contributed by atoms with Crippen LogP contribution < -0.4 is 0 Å². The SMILES string of the molecule is O=S(=O)(c1cccc(-c2ncc[nH]2)c1)N1CCCCC1. The van der Waals surface area contributed by atoms with E-state index in [1.165, 1.54) is 0 Å². The predicted molar refractivity (Wildman–Crippen MR) is 76.6 cm³/mol. The van der Waals surface area contributed by atoms with Gasteiger partial charge in [-0.2, -0.15) is 4.31 Å². The first-order chi connectivity index (χ1) is 9.68. The van der Waals surface area contributed by atoms with Gasteiger partial charge in [0.15, 0.2) is 0 Å². The molecule has 106 valence electrons. The Bertz CT molecular complexity index is 674. The van der Waals surface area contributed by atoms with Crippen LogP contribution >= 0.6 is 0 Å². The van der Waals surface area contributed by atoms with Crippen LogP contribution in [0.3, 0.4) is 0 Å². The molecule has 1 aliphatic heterocycles.